The van der Waals surface area contributed by atoms with Gasteiger partial charge in [-0.2, -0.15) is 0 Å². The standard InChI is InChI=1S/C28H36ClN/c1-3-19-10-18(2)11-24(13-19)23-8-9-26(29)25(17-23)14-21-6-4-20(5-7-21)12-22-15-27-28(16-22)30-27/h4-9,17-19,22,24,27-28,30H,3,10-16H2,1-2H3/t18-,19+,22-,24-,27-,28+/m0/s1. The SMILES string of the molecule is CC[C@@H]1C[C@H](C)C[C@H](c2ccc(Cl)c(Cc3ccc(C[C@H]4C[C@@H]5N[C@@H]5C4)cc3)c2)C1. The van der Waals surface area contributed by atoms with Gasteiger partial charge in [0.15, 0.2) is 0 Å². The Morgan fingerprint density at radius 2 is 1.60 bits per heavy atom. The van der Waals surface area contributed by atoms with Gasteiger partial charge in [0.2, 0.25) is 0 Å². The maximum absolute atomic E-state index is 6.63. The monoisotopic (exact) mass is 421 g/mol. The summed E-state index contributed by atoms with van der Waals surface area (Å²) in [4.78, 5) is 0. The molecule has 3 fully saturated rings. The summed E-state index contributed by atoms with van der Waals surface area (Å²) in [5.41, 5.74) is 5.66. The summed E-state index contributed by atoms with van der Waals surface area (Å²) in [5, 5.41) is 4.46. The summed E-state index contributed by atoms with van der Waals surface area (Å²) < 4.78 is 0. The molecule has 1 heterocycles. The molecule has 5 rings (SSSR count). The Hall–Kier alpha value is -1.31. The number of nitrogens with one attached hydrogen (secondary N) is 1. The average Bonchev–Trinajstić information content (AvgIpc) is 3.36. The molecule has 160 valence electrons. The lowest BCUT2D eigenvalue weighted by atomic mass is 9.72. The van der Waals surface area contributed by atoms with Crippen molar-refractivity contribution < 1.29 is 0 Å². The van der Waals surface area contributed by atoms with E-state index in [2.05, 4.69) is 61.6 Å². The highest BCUT2D eigenvalue weighted by Crippen LogP contribution is 2.41. The first-order chi connectivity index (χ1) is 14.6. The molecule has 2 aromatic rings. The minimum atomic E-state index is 0.698. The minimum Gasteiger partial charge on any atom is -0.308 e. The number of halogens is 1. The van der Waals surface area contributed by atoms with Crippen molar-refractivity contribution in [3.05, 3.63) is 69.7 Å². The highest BCUT2D eigenvalue weighted by molar-refractivity contribution is 6.31. The number of rotatable bonds is 6. The Bertz CT molecular complexity index is 863. The van der Waals surface area contributed by atoms with E-state index in [4.69, 9.17) is 11.6 Å². The number of fused-ring (bicyclic) bond motifs is 1. The van der Waals surface area contributed by atoms with Crippen LogP contribution in [0.1, 0.15) is 80.5 Å². The predicted molar refractivity (Wildman–Crippen MR) is 127 cm³/mol. The lowest BCUT2D eigenvalue weighted by Gasteiger charge is -2.33. The fraction of sp³-hybridized carbons (Fsp3) is 0.571. The Morgan fingerprint density at radius 1 is 0.867 bits per heavy atom. The first-order valence-corrected chi connectivity index (χ1v) is 12.6. The van der Waals surface area contributed by atoms with E-state index in [9.17, 15) is 0 Å². The molecule has 3 aliphatic rings. The third-order valence-electron chi connectivity index (χ3n) is 8.08. The molecule has 2 saturated carbocycles. The molecule has 0 aromatic heterocycles. The fourth-order valence-electron chi connectivity index (χ4n) is 6.35. The number of benzene rings is 2. The first-order valence-electron chi connectivity index (χ1n) is 12.2. The predicted octanol–water partition coefficient (Wildman–Crippen LogP) is 7.15. The van der Waals surface area contributed by atoms with Crippen LogP contribution in [0.15, 0.2) is 42.5 Å². The van der Waals surface area contributed by atoms with Gasteiger partial charge in [0.1, 0.15) is 0 Å². The molecule has 30 heavy (non-hydrogen) atoms. The number of hydrogen-bond acceptors (Lipinski definition) is 1. The van der Waals surface area contributed by atoms with Gasteiger partial charge in [-0.05, 0) is 96.9 Å². The molecule has 1 saturated heterocycles. The molecule has 2 heteroatoms. The fourth-order valence-corrected chi connectivity index (χ4v) is 6.53. The minimum absolute atomic E-state index is 0.698. The van der Waals surface area contributed by atoms with Crippen molar-refractivity contribution >= 4 is 11.6 Å². The van der Waals surface area contributed by atoms with Gasteiger partial charge < -0.3 is 5.32 Å². The molecule has 0 bridgehead atoms. The van der Waals surface area contributed by atoms with Gasteiger partial charge in [-0.25, -0.2) is 0 Å². The van der Waals surface area contributed by atoms with Crippen LogP contribution in [0.4, 0.5) is 0 Å². The van der Waals surface area contributed by atoms with Crippen LogP contribution in [0.3, 0.4) is 0 Å². The molecule has 0 amide bonds. The van der Waals surface area contributed by atoms with Crippen molar-refractivity contribution in [2.24, 2.45) is 17.8 Å². The van der Waals surface area contributed by atoms with Crippen molar-refractivity contribution in [3.63, 3.8) is 0 Å². The Morgan fingerprint density at radius 3 is 2.33 bits per heavy atom. The Kier molecular flexibility index (Phi) is 5.95. The van der Waals surface area contributed by atoms with E-state index in [1.165, 1.54) is 67.2 Å². The third-order valence-corrected chi connectivity index (χ3v) is 8.45. The average molecular weight is 422 g/mol. The molecular weight excluding hydrogens is 386 g/mol. The molecule has 1 nitrogen and oxygen atoms in total. The highest BCUT2D eigenvalue weighted by atomic mass is 35.5. The molecular formula is C28H36ClN. The van der Waals surface area contributed by atoms with E-state index in [1.54, 1.807) is 0 Å². The second-order valence-corrected chi connectivity index (χ2v) is 11.0. The lowest BCUT2D eigenvalue weighted by molar-refractivity contribution is 0.247. The molecule has 0 radical (unpaired) electrons. The first kappa shape index (κ1) is 20.6. The highest BCUT2D eigenvalue weighted by Gasteiger charge is 2.44. The maximum atomic E-state index is 6.63. The Labute approximate surface area is 187 Å². The molecule has 1 N–H and O–H groups in total. The van der Waals surface area contributed by atoms with Crippen molar-refractivity contribution in [3.8, 4) is 0 Å². The van der Waals surface area contributed by atoms with E-state index in [1.807, 2.05) is 0 Å². The van der Waals surface area contributed by atoms with Crippen LogP contribution in [0.25, 0.3) is 0 Å². The van der Waals surface area contributed by atoms with Crippen molar-refractivity contribution in [1.82, 2.24) is 5.32 Å². The second kappa shape index (κ2) is 8.67. The largest absolute Gasteiger partial charge is 0.308 e. The quantitative estimate of drug-likeness (QED) is 0.491. The van der Waals surface area contributed by atoms with E-state index < -0.39 is 0 Å². The van der Waals surface area contributed by atoms with Crippen molar-refractivity contribution in [2.75, 3.05) is 0 Å². The van der Waals surface area contributed by atoms with Crippen LogP contribution in [0.2, 0.25) is 5.02 Å². The molecule has 6 atom stereocenters. The maximum Gasteiger partial charge on any atom is 0.0441 e. The second-order valence-electron chi connectivity index (χ2n) is 10.5. The van der Waals surface area contributed by atoms with Gasteiger partial charge >= 0.3 is 0 Å². The van der Waals surface area contributed by atoms with Gasteiger partial charge in [-0.15, -0.1) is 0 Å². The van der Waals surface area contributed by atoms with Gasteiger partial charge in [-0.3, -0.25) is 0 Å². The van der Waals surface area contributed by atoms with Crippen LogP contribution < -0.4 is 5.32 Å². The third kappa shape index (κ3) is 4.63. The van der Waals surface area contributed by atoms with Crippen LogP contribution in [-0.2, 0) is 12.8 Å². The lowest BCUT2D eigenvalue weighted by Crippen LogP contribution is -2.19. The zero-order valence-corrected chi connectivity index (χ0v) is 19.3. The Balaban J connectivity index is 1.25. The van der Waals surface area contributed by atoms with Crippen LogP contribution in [-0.4, -0.2) is 12.1 Å². The summed E-state index contributed by atoms with van der Waals surface area (Å²) in [5.74, 6) is 3.29. The summed E-state index contributed by atoms with van der Waals surface area (Å²) >= 11 is 6.63. The summed E-state index contributed by atoms with van der Waals surface area (Å²) in [7, 11) is 0. The van der Waals surface area contributed by atoms with Crippen LogP contribution >= 0.6 is 11.6 Å². The van der Waals surface area contributed by atoms with Crippen molar-refractivity contribution in [2.45, 2.75) is 83.2 Å². The molecule has 1 aliphatic heterocycles. The topological polar surface area (TPSA) is 21.9 Å². The zero-order chi connectivity index (χ0) is 20.7. The van der Waals surface area contributed by atoms with Crippen LogP contribution in [0, 0.1) is 17.8 Å². The number of hydrogen-bond donors (Lipinski definition) is 1. The number of piperidine rings is 1. The van der Waals surface area contributed by atoms with E-state index >= 15 is 0 Å². The molecule has 2 aliphatic carbocycles. The molecule has 0 unspecified atom stereocenters. The summed E-state index contributed by atoms with van der Waals surface area (Å²) in [6, 6.07) is 17.8. The van der Waals surface area contributed by atoms with Gasteiger partial charge in [0.25, 0.3) is 0 Å². The van der Waals surface area contributed by atoms with Crippen LogP contribution in [0.5, 0.6) is 0 Å². The smallest absolute Gasteiger partial charge is 0.0441 e. The van der Waals surface area contributed by atoms with Gasteiger partial charge in [0.05, 0.1) is 0 Å². The van der Waals surface area contributed by atoms with Crippen molar-refractivity contribution in [1.29, 1.82) is 0 Å². The zero-order valence-electron chi connectivity index (χ0n) is 18.5. The van der Waals surface area contributed by atoms with E-state index in [0.29, 0.717) is 5.92 Å². The van der Waals surface area contributed by atoms with Gasteiger partial charge in [0, 0.05) is 17.1 Å². The van der Waals surface area contributed by atoms with E-state index in [0.717, 1.165) is 41.3 Å². The molecule has 0 spiro atoms. The van der Waals surface area contributed by atoms with Gasteiger partial charge in [-0.1, -0.05) is 68.3 Å². The molecule has 2 aromatic carbocycles. The summed E-state index contributed by atoms with van der Waals surface area (Å²) in [6.45, 7) is 4.78. The summed E-state index contributed by atoms with van der Waals surface area (Å²) in [6.07, 6.45) is 10.3. The normalized spacial score (nSPS) is 32.8. The van der Waals surface area contributed by atoms with E-state index in [-0.39, 0.29) is 0 Å².